The zero-order chi connectivity index (χ0) is 23.2. The summed E-state index contributed by atoms with van der Waals surface area (Å²) in [6.45, 7) is 0.336. The van der Waals surface area contributed by atoms with E-state index in [0.29, 0.717) is 41.4 Å². The highest BCUT2D eigenvalue weighted by molar-refractivity contribution is 6.30. The lowest BCUT2D eigenvalue weighted by atomic mass is 9.97. The molecule has 2 aromatic carbocycles. The van der Waals surface area contributed by atoms with E-state index in [2.05, 4.69) is 20.9 Å². The Labute approximate surface area is 195 Å². The first-order chi connectivity index (χ1) is 16.0. The summed E-state index contributed by atoms with van der Waals surface area (Å²) in [4.78, 5) is 12.3. The maximum Gasteiger partial charge on any atom is 0.319 e. The number of hydrogen-bond acceptors (Lipinski definition) is 5. The lowest BCUT2D eigenvalue weighted by Gasteiger charge is -2.36. The smallest absolute Gasteiger partial charge is 0.319 e. The molecule has 1 aliphatic rings. The van der Waals surface area contributed by atoms with Crippen molar-refractivity contribution < 1.29 is 19.0 Å². The number of nitrogens with one attached hydrogen (secondary N) is 2. The van der Waals surface area contributed by atoms with Crippen molar-refractivity contribution >= 4 is 23.3 Å². The summed E-state index contributed by atoms with van der Waals surface area (Å²) in [7, 11) is 0. The molecule has 3 atom stereocenters. The number of carbonyl (C=O) groups excluding carboxylic acids is 1. The number of aliphatic hydroxyl groups excluding tert-OH is 1. The predicted molar refractivity (Wildman–Crippen MR) is 122 cm³/mol. The van der Waals surface area contributed by atoms with Crippen molar-refractivity contribution in [3.8, 4) is 11.3 Å². The Morgan fingerprint density at radius 1 is 1.21 bits per heavy atom. The molecule has 3 N–H and O–H groups in total. The molecule has 1 aromatic heterocycles. The van der Waals surface area contributed by atoms with Crippen molar-refractivity contribution in [2.24, 2.45) is 0 Å². The minimum absolute atomic E-state index is 0.0966. The molecule has 0 unspecified atom stereocenters. The van der Waals surface area contributed by atoms with Gasteiger partial charge in [-0.25, -0.2) is 9.18 Å². The van der Waals surface area contributed by atoms with Crippen LogP contribution in [0, 0.1) is 5.82 Å². The predicted octanol–water partition coefficient (Wildman–Crippen LogP) is 3.86. The minimum Gasteiger partial charge on any atom is -0.394 e. The molecule has 0 radical (unpaired) electrons. The van der Waals surface area contributed by atoms with Gasteiger partial charge in [0.05, 0.1) is 24.9 Å². The van der Waals surface area contributed by atoms with E-state index >= 15 is 0 Å². The van der Waals surface area contributed by atoms with Gasteiger partial charge in [-0.3, -0.25) is 4.68 Å². The molecule has 0 spiro atoms. The molecule has 1 saturated heterocycles. The molecule has 2 heterocycles. The summed E-state index contributed by atoms with van der Waals surface area (Å²) in [5, 5.41) is 24.1. The van der Waals surface area contributed by atoms with Crippen molar-refractivity contribution in [1.29, 1.82) is 0 Å². The van der Waals surface area contributed by atoms with Gasteiger partial charge < -0.3 is 20.5 Å². The van der Waals surface area contributed by atoms with Gasteiger partial charge in [0.1, 0.15) is 17.6 Å². The van der Waals surface area contributed by atoms with E-state index in [9.17, 15) is 14.3 Å². The van der Waals surface area contributed by atoms with Crippen LogP contribution in [0.1, 0.15) is 19.3 Å². The van der Waals surface area contributed by atoms with Crippen LogP contribution < -0.4 is 10.6 Å². The minimum atomic E-state index is -0.510. The van der Waals surface area contributed by atoms with E-state index < -0.39 is 6.10 Å². The second kappa shape index (κ2) is 10.7. The van der Waals surface area contributed by atoms with E-state index in [0.717, 1.165) is 6.42 Å². The van der Waals surface area contributed by atoms with Crippen LogP contribution in [0.5, 0.6) is 0 Å². The van der Waals surface area contributed by atoms with Crippen LogP contribution in [0.2, 0.25) is 5.02 Å². The quantitative estimate of drug-likeness (QED) is 0.483. The van der Waals surface area contributed by atoms with Gasteiger partial charge in [-0.2, -0.15) is 0 Å². The number of halogens is 2. The summed E-state index contributed by atoms with van der Waals surface area (Å²) in [6, 6.07) is 12.6. The fraction of sp³-hybridized carbons (Fsp3) is 0.348. The number of carbonyl (C=O) groups is 1. The molecule has 0 aliphatic carbocycles. The van der Waals surface area contributed by atoms with E-state index in [1.54, 1.807) is 53.3 Å². The molecule has 1 aliphatic heterocycles. The number of urea groups is 1. The lowest BCUT2D eigenvalue weighted by Crippen LogP contribution is -2.52. The van der Waals surface area contributed by atoms with Gasteiger partial charge in [0, 0.05) is 22.8 Å². The Kier molecular flexibility index (Phi) is 7.54. The molecule has 3 aromatic rings. The van der Waals surface area contributed by atoms with Crippen LogP contribution in [0.3, 0.4) is 0 Å². The average Bonchev–Trinajstić information content (AvgIpc) is 3.29. The summed E-state index contributed by atoms with van der Waals surface area (Å²) in [6.07, 6.45) is 3.14. The Bertz CT molecular complexity index is 1080. The van der Waals surface area contributed by atoms with Crippen LogP contribution >= 0.6 is 11.6 Å². The van der Waals surface area contributed by atoms with E-state index in [1.807, 2.05) is 0 Å². The number of anilines is 1. The molecule has 0 bridgehead atoms. The molecule has 174 valence electrons. The number of aromatic nitrogens is 3. The third-order valence-electron chi connectivity index (χ3n) is 5.58. The topological polar surface area (TPSA) is 101 Å². The Balaban J connectivity index is 1.27. The van der Waals surface area contributed by atoms with Gasteiger partial charge in [0.2, 0.25) is 0 Å². The van der Waals surface area contributed by atoms with Gasteiger partial charge in [-0.15, -0.1) is 5.10 Å². The second-order valence-corrected chi connectivity index (χ2v) is 8.34. The van der Waals surface area contributed by atoms with Crippen LogP contribution in [-0.4, -0.2) is 51.0 Å². The number of aryl methyl sites for hydroxylation is 1. The number of aliphatic hydroxyl groups is 1. The zero-order valence-electron chi connectivity index (χ0n) is 17.8. The molecule has 10 heteroatoms. The fourth-order valence-electron chi connectivity index (χ4n) is 3.85. The fourth-order valence-corrected chi connectivity index (χ4v) is 3.98. The van der Waals surface area contributed by atoms with Crippen molar-refractivity contribution in [2.45, 2.75) is 44.1 Å². The molecule has 2 amide bonds. The normalized spacial score (nSPS) is 20.4. The molecule has 4 rings (SSSR count). The average molecular weight is 474 g/mol. The maximum atomic E-state index is 13.9. The lowest BCUT2D eigenvalue weighted by molar-refractivity contribution is -0.0905. The molecule has 8 nitrogen and oxygen atoms in total. The number of nitrogens with zero attached hydrogens (tertiary/aromatic N) is 3. The van der Waals surface area contributed by atoms with Crippen LogP contribution in [0.4, 0.5) is 14.9 Å². The number of ether oxygens (including phenoxy) is 1. The van der Waals surface area contributed by atoms with Gasteiger partial charge in [0.25, 0.3) is 0 Å². The molecule has 33 heavy (non-hydrogen) atoms. The Morgan fingerprint density at radius 2 is 2.00 bits per heavy atom. The number of amides is 2. The van der Waals surface area contributed by atoms with Gasteiger partial charge >= 0.3 is 6.03 Å². The highest BCUT2D eigenvalue weighted by atomic mass is 35.5. The second-order valence-electron chi connectivity index (χ2n) is 7.90. The Hall–Kier alpha value is -3.01. The highest BCUT2D eigenvalue weighted by Gasteiger charge is 2.32. The van der Waals surface area contributed by atoms with Gasteiger partial charge in [-0.1, -0.05) is 28.9 Å². The number of hydrogen-bond donors (Lipinski definition) is 3. The molecule has 1 fully saturated rings. The standard InChI is InChI=1S/C23H25ClFN5O3/c24-15-5-7-16(8-6-15)26-23(32)27-20-10-9-17(33-22(20)14-31)11-12-30-13-21(28-29-30)18-3-1-2-4-19(18)25/h1-8,13,17,20,22,31H,9-12,14H2,(H2,26,27,32)/t17-,20-,22+/m0/s1. The number of rotatable bonds is 7. The van der Waals surface area contributed by atoms with Crippen LogP contribution in [0.25, 0.3) is 11.3 Å². The SMILES string of the molecule is O=C(Nc1ccc(Cl)cc1)N[C@H]1CC[C@@H](CCn2cc(-c3ccccc3F)nn2)O[C@@H]1CO. The van der Waals surface area contributed by atoms with Crippen molar-refractivity contribution in [2.75, 3.05) is 11.9 Å². The first-order valence-corrected chi connectivity index (χ1v) is 11.1. The summed E-state index contributed by atoms with van der Waals surface area (Å²) in [5.74, 6) is -0.343. The first-order valence-electron chi connectivity index (χ1n) is 10.8. The van der Waals surface area contributed by atoms with Crippen molar-refractivity contribution in [3.63, 3.8) is 0 Å². The van der Waals surface area contributed by atoms with E-state index in [4.69, 9.17) is 16.3 Å². The highest BCUT2D eigenvalue weighted by Crippen LogP contribution is 2.24. The van der Waals surface area contributed by atoms with Gasteiger partial charge in [0.15, 0.2) is 0 Å². The Morgan fingerprint density at radius 3 is 2.76 bits per heavy atom. The number of benzene rings is 2. The summed E-state index contributed by atoms with van der Waals surface area (Å²) >= 11 is 5.86. The molecule has 0 saturated carbocycles. The zero-order valence-corrected chi connectivity index (χ0v) is 18.6. The summed E-state index contributed by atoms with van der Waals surface area (Å²) < 4.78 is 21.6. The molecular weight excluding hydrogens is 449 g/mol. The third-order valence-corrected chi connectivity index (χ3v) is 5.83. The van der Waals surface area contributed by atoms with Gasteiger partial charge in [-0.05, 0) is 55.7 Å². The third kappa shape index (κ3) is 6.07. The summed E-state index contributed by atoms with van der Waals surface area (Å²) in [5.41, 5.74) is 1.50. The van der Waals surface area contributed by atoms with E-state index in [1.165, 1.54) is 6.07 Å². The van der Waals surface area contributed by atoms with Crippen LogP contribution in [-0.2, 0) is 11.3 Å². The van der Waals surface area contributed by atoms with Crippen LogP contribution in [0.15, 0.2) is 54.7 Å². The van der Waals surface area contributed by atoms with Crippen molar-refractivity contribution in [3.05, 3.63) is 65.6 Å². The largest absolute Gasteiger partial charge is 0.394 e. The monoisotopic (exact) mass is 473 g/mol. The van der Waals surface area contributed by atoms with E-state index in [-0.39, 0.29) is 30.6 Å². The van der Waals surface area contributed by atoms with Crippen molar-refractivity contribution in [1.82, 2.24) is 20.3 Å². The first kappa shape index (κ1) is 23.2. The molecular formula is C23H25ClFN5O3. The maximum absolute atomic E-state index is 13.9.